The van der Waals surface area contributed by atoms with Gasteiger partial charge in [-0.05, 0) is 37.5 Å². The molecule has 5 nitrogen and oxygen atoms in total. The first-order valence-electron chi connectivity index (χ1n) is 6.57. The van der Waals surface area contributed by atoms with Gasteiger partial charge in [0.1, 0.15) is 11.3 Å². The van der Waals surface area contributed by atoms with Gasteiger partial charge in [-0.1, -0.05) is 0 Å². The van der Waals surface area contributed by atoms with E-state index in [1.165, 1.54) is 0 Å². The Morgan fingerprint density at radius 2 is 2.53 bits per heavy atom. The Kier molecular flexibility index (Phi) is 3.21. The Morgan fingerprint density at radius 1 is 1.63 bits per heavy atom. The number of aromatic nitrogens is 2. The number of nitrogens with zero attached hydrogens (tertiary/aromatic N) is 2. The van der Waals surface area contributed by atoms with Crippen molar-refractivity contribution in [2.75, 3.05) is 13.2 Å². The summed E-state index contributed by atoms with van der Waals surface area (Å²) in [5, 5.41) is 2.88. The largest absolute Gasteiger partial charge is 0.376 e. The third-order valence-electron chi connectivity index (χ3n) is 3.36. The van der Waals surface area contributed by atoms with Crippen LogP contribution in [0.2, 0.25) is 0 Å². The van der Waals surface area contributed by atoms with Crippen molar-refractivity contribution in [1.82, 2.24) is 14.7 Å². The van der Waals surface area contributed by atoms with Crippen LogP contribution >= 0.6 is 0 Å². The van der Waals surface area contributed by atoms with Gasteiger partial charge >= 0.3 is 0 Å². The van der Waals surface area contributed by atoms with Crippen LogP contribution in [0.15, 0.2) is 24.5 Å². The second kappa shape index (κ2) is 5.01. The number of fused-ring (bicyclic) bond motifs is 1. The van der Waals surface area contributed by atoms with Gasteiger partial charge in [-0.3, -0.25) is 4.79 Å². The first-order valence-corrected chi connectivity index (χ1v) is 6.57. The van der Waals surface area contributed by atoms with Gasteiger partial charge in [-0.15, -0.1) is 0 Å². The Bertz CT molecular complexity index is 600. The zero-order valence-corrected chi connectivity index (χ0v) is 10.9. The molecular weight excluding hydrogens is 242 g/mol. The number of amides is 1. The predicted molar refractivity (Wildman–Crippen MR) is 71.2 cm³/mol. The number of pyridine rings is 1. The van der Waals surface area contributed by atoms with Gasteiger partial charge in [0.15, 0.2) is 0 Å². The summed E-state index contributed by atoms with van der Waals surface area (Å²) in [7, 11) is 0. The zero-order valence-electron chi connectivity index (χ0n) is 10.9. The van der Waals surface area contributed by atoms with Crippen LogP contribution in [0.5, 0.6) is 0 Å². The molecule has 0 saturated carbocycles. The van der Waals surface area contributed by atoms with E-state index in [1.807, 2.05) is 29.7 Å². The summed E-state index contributed by atoms with van der Waals surface area (Å²) >= 11 is 0. The fraction of sp³-hybridized carbons (Fsp3) is 0.429. The highest BCUT2D eigenvalue weighted by Gasteiger charge is 2.17. The molecule has 3 rings (SSSR count). The molecular formula is C14H17N3O2. The average molecular weight is 259 g/mol. The third-order valence-corrected chi connectivity index (χ3v) is 3.36. The number of imidazole rings is 1. The molecule has 1 aliphatic rings. The monoisotopic (exact) mass is 259 g/mol. The van der Waals surface area contributed by atoms with Crippen molar-refractivity contribution in [3.05, 3.63) is 35.8 Å². The van der Waals surface area contributed by atoms with Gasteiger partial charge in [0.05, 0.1) is 6.10 Å². The molecule has 1 saturated heterocycles. The smallest absolute Gasteiger partial charge is 0.271 e. The summed E-state index contributed by atoms with van der Waals surface area (Å²) in [4.78, 5) is 16.3. The van der Waals surface area contributed by atoms with Crippen LogP contribution in [0.3, 0.4) is 0 Å². The van der Waals surface area contributed by atoms with Crippen LogP contribution in [0.4, 0.5) is 0 Å². The van der Waals surface area contributed by atoms with Crippen molar-refractivity contribution in [2.45, 2.75) is 25.9 Å². The first kappa shape index (κ1) is 12.2. The van der Waals surface area contributed by atoms with Gasteiger partial charge < -0.3 is 14.5 Å². The average Bonchev–Trinajstić information content (AvgIpc) is 3.04. The summed E-state index contributed by atoms with van der Waals surface area (Å²) in [6, 6.07) is 3.94. The molecule has 100 valence electrons. The Labute approximate surface area is 111 Å². The number of aryl methyl sites for hydroxylation is 1. The summed E-state index contributed by atoms with van der Waals surface area (Å²) in [5.74, 6) is -0.142. The zero-order chi connectivity index (χ0) is 13.2. The molecule has 0 spiro atoms. The number of carbonyl (C=O) groups excluding carboxylic acids is 1. The van der Waals surface area contributed by atoms with E-state index >= 15 is 0 Å². The van der Waals surface area contributed by atoms with Crippen LogP contribution in [-0.2, 0) is 4.74 Å². The molecule has 0 radical (unpaired) electrons. The maximum Gasteiger partial charge on any atom is 0.271 e. The molecule has 1 aliphatic heterocycles. The van der Waals surface area contributed by atoms with E-state index in [0.717, 1.165) is 30.7 Å². The van der Waals surface area contributed by atoms with E-state index in [-0.39, 0.29) is 12.0 Å². The molecule has 3 heterocycles. The van der Waals surface area contributed by atoms with E-state index in [1.54, 1.807) is 6.20 Å². The summed E-state index contributed by atoms with van der Waals surface area (Å²) < 4.78 is 7.33. The normalized spacial score (nSPS) is 18.9. The Morgan fingerprint density at radius 3 is 3.32 bits per heavy atom. The molecule has 0 aromatic carbocycles. The van der Waals surface area contributed by atoms with Crippen molar-refractivity contribution in [2.24, 2.45) is 0 Å². The lowest BCUT2D eigenvalue weighted by Gasteiger charge is -2.09. The van der Waals surface area contributed by atoms with Crippen molar-refractivity contribution < 1.29 is 9.53 Å². The maximum atomic E-state index is 12.0. The topological polar surface area (TPSA) is 55.6 Å². The number of carbonyl (C=O) groups is 1. The Balaban J connectivity index is 1.70. The maximum absolute atomic E-state index is 12.0. The lowest BCUT2D eigenvalue weighted by molar-refractivity contribution is 0.0854. The summed E-state index contributed by atoms with van der Waals surface area (Å²) in [5.41, 5.74) is 2.37. The van der Waals surface area contributed by atoms with Crippen LogP contribution in [-0.4, -0.2) is 34.5 Å². The van der Waals surface area contributed by atoms with E-state index < -0.39 is 0 Å². The number of nitrogens with one attached hydrogen (secondary N) is 1. The van der Waals surface area contributed by atoms with Crippen molar-refractivity contribution >= 4 is 11.6 Å². The van der Waals surface area contributed by atoms with Crippen molar-refractivity contribution in [1.29, 1.82) is 0 Å². The third kappa shape index (κ3) is 2.61. The fourth-order valence-corrected chi connectivity index (χ4v) is 2.30. The van der Waals surface area contributed by atoms with Crippen molar-refractivity contribution in [3.8, 4) is 0 Å². The molecule has 0 aliphatic carbocycles. The van der Waals surface area contributed by atoms with Gasteiger partial charge in [-0.2, -0.15) is 0 Å². The van der Waals surface area contributed by atoms with E-state index in [9.17, 15) is 4.79 Å². The highest BCUT2D eigenvalue weighted by atomic mass is 16.5. The second-order valence-corrected chi connectivity index (χ2v) is 4.94. The minimum Gasteiger partial charge on any atom is -0.376 e. The minimum absolute atomic E-state index is 0.142. The Hall–Kier alpha value is -1.88. The molecule has 2 aromatic rings. The van der Waals surface area contributed by atoms with Crippen LogP contribution < -0.4 is 5.32 Å². The lowest BCUT2D eigenvalue weighted by Crippen LogP contribution is -2.31. The molecule has 1 amide bonds. The van der Waals surface area contributed by atoms with Crippen molar-refractivity contribution in [3.63, 3.8) is 0 Å². The van der Waals surface area contributed by atoms with Crippen LogP contribution in [0.1, 0.15) is 28.9 Å². The van der Waals surface area contributed by atoms with Gasteiger partial charge in [0.2, 0.25) is 0 Å². The molecule has 5 heteroatoms. The molecule has 1 unspecified atom stereocenters. The van der Waals surface area contributed by atoms with Crippen LogP contribution in [0.25, 0.3) is 5.65 Å². The number of hydrogen-bond acceptors (Lipinski definition) is 3. The summed E-state index contributed by atoms with van der Waals surface area (Å²) in [6.45, 7) is 3.37. The molecule has 1 fully saturated rings. The van der Waals surface area contributed by atoms with E-state index in [0.29, 0.717) is 12.2 Å². The second-order valence-electron chi connectivity index (χ2n) is 4.94. The molecule has 1 N–H and O–H groups in total. The standard InChI is InChI=1S/C14H17N3O2/c1-10-4-5-17-9-12(16-13(17)7-10)14(18)15-8-11-3-2-6-19-11/h4-5,7,9,11H,2-3,6,8H2,1H3,(H,15,18). The highest BCUT2D eigenvalue weighted by molar-refractivity contribution is 5.92. The van der Waals surface area contributed by atoms with Gasteiger partial charge in [0.25, 0.3) is 5.91 Å². The van der Waals surface area contributed by atoms with Crippen LogP contribution in [0, 0.1) is 6.92 Å². The van der Waals surface area contributed by atoms with E-state index in [4.69, 9.17) is 4.74 Å². The van der Waals surface area contributed by atoms with E-state index in [2.05, 4.69) is 10.3 Å². The van der Waals surface area contributed by atoms with Gasteiger partial charge in [0, 0.05) is 25.5 Å². The molecule has 2 aromatic heterocycles. The SMILES string of the molecule is Cc1ccn2cc(C(=O)NCC3CCCO3)nc2c1. The molecule has 19 heavy (non-hydrogen) atoms. The molecule has 1 atom stereocenters. The molecule has 0 bridgehead atoms. The minimum atomic E-state index is -0.142. The number of hydrogen-bond donors (Lipinski definition) is 1. The van der Waals surface area contributed by atoms with Gasteiger partial charge in [-0.25, -0.2) is 4.98 Å². The first-order chi connectivity index (χ1) is 9.22. The fourth-order valence-electron chi connectivity index (χ4n) is 2.30. The number of ether oxygens (including phenoxy) is 1. The lowest BCUT2D eigenvalue weighted by atomic mass is 10.2. The number of rotatable bonds is 3. The quantitative estimate of drug-likeness (QED) is 0.910. The predicted octanol–water partition coefficient (Wildman–Crippen LogP) is 1.55. The summed E-state index contributed by atoms with van der Waals surface area (Å²) in [6.07, 6.45) is 5.91. The highest BCUT2D eigenvalue weighted by Crippen LogP contribution is 2.11.